The lowest BCUT2D eigenvalue weighted by Crippen LogP contribution is -2.00. The van der Waals surface area contributed by atoms with Gasteiger partial charge in [0.05, 0.1) is 11.0 Å². The van der Waals surface area contributed by atoms with Crippen molar-refractivity contribution in [2.75, 3.05) is 0 Å². The zero-order valence-electron chi connectivity index (χ0n) is 28.0. The summed E-state index contributed by atoms with van der Waals surface area (Å²) in [6.07, 6.45) is 4.55. The molecule has 7 aromatic carbocycles. The summed E-state index contributed by atoms with van der Waals surface area (Å²) >= 11 is 1.84. The van der Waals surface area contributed by atoms with Crippen LogP contribution in [0.2, 0.25) is 0 Å². The Kier molecular flexibility index (Phi) is 7.36. The first-order valence-corrected chi connectivity index (χ1v) is 18.2. The summed E-state index contributed by atoms with van der Waals surface area (Å²) in [4.78, 5) is 17.4. The predicted molar refractivity (Wildman–Crippen MR) is 215 cm³/mol. The molecule has 5 heteroatoms. The van der Waals surface area contributed by atoms with Crippen molar-refractivity contribution in [3.05, 3.63) is 181 Å². The van der Waals surface area contributed by atoms with Crippen LogP contribution in [0.5, 0.6) is 0 Å². The van der Waals surface area contributed by atoms with E-state index in [1.807, 2.05) is 72.4 Å². The molecule has 10 rings (SSSR count). The van der Waals surface area contributed by atoms with Gasteiger partial charge in [-0.2, -0.15) is 0 Å². The molecule has 0 saturated heterocycles. The van der Waals surface area contributed by atoms with Gasteiger partial charge in [0.2, 0.25) is 0 Å². The van der Waals surface area contributed by atoms with Crippen molar-refractivity contribution < 1.29 is 0 Å². The van der Waals surface area contributed by atoms with Crippen LogP contribution < -0.4 is 0 Å². The van der Waals surface area contributed by atoms with Crippen LogP contribution >= 0.6 is 11.8 Å². The minimum Gasteiger partial charge on any atom is -0.309 e. The molecule has 1 aliphatic heterocycles. The Morgan fingerprint density at radius 1 is 0.404 bits per heavy atom. The lowest BCUT2D eigenvalue weighted by atomic mass is 10.0. The number of benzene rings is 7. The smallest absolute Gasteiger partial charge is 0.164 e. The average Bonchev–Trinajstić information content (AvgIpc) is 3.43. The molecule has 0 N–H and O–H groups in total. The summed E-state index contributed by atoms with van der Waals surface area (Å²) in [6.45, 7) is 0. The quantitative estimate of drug-likeness (QED) is 0.181. The van der Waals surface area contributed by atoms with Crippen molar-refractivity contribution in [1.29, 1.82) is 0 Å². The first-order valence-electron chi connectivity index (χ1n) is 17.4. The fourth-order valence-electron chi connectivity index (χ4n) is 7.19. The van der Waals surface area contributed by atoms with E-state index < -0.39 is 0 Å². The molecule has 0 fully saturated rings. The third kappa shape index (κ3) is 5.31. The third-order valence-corrected chi connectivity index (χ3v) is 10.8. The molecule has 4 nitrogen and oxygen atoms in total. The minimum absolute atomic E-state index is 0.640. The first-order chi connectivity index (χ1) is 25.8. The minimum atomic E-state index is 0.640. The van der Waals surface area contributed by atoms with Gasteiger partial charge in [-0.05, 0) is 53.1 Å². The largest absolute Gasteiger partial charge is 0.309 e. The van der Waals surface area contributed by atoms with Gasteiger partial charge in [0, 0.05) is 48.5 Å². The zero-order valence-corrected chi connectivity index (χ0v) is 28.8. The number of rotatable bonds is 5. The SMILES string of the molecule is C1=Cc2c(ccc3c4ccccc4n(-c4cccc(-c5cccc(-c6nc(-c7ccccc7)nc(-c7ccccc7)n6)c5)c4)c23)Sc2ccccc21. The lowest BCUT2D eigenvalue weighted by molar-refractivity contribution is 1.07. The Balaban J connectivity index is 1.11. The van der Waals surface area contributed by atoms with Gasteiger partial charge in [0.1, 0.15) is 0 Å². The van der Waals surface area contributed by atoms with Gasteiger partial charge in [-0.3, -0.25) is 0 Å². The van der Waals surface area contributed by atoms with Crippen LogP contribution in [-0.4, -0.2) is 19.5 Å². The fraction of sp³-hybridized carbons (Fsp3) is 0. The standard InChI is InChI=1S/C47H30N4S/c1-3-14-32(15-4-1)45-48-46(33-16-5-2-6-17-33)50-47(49-45)36-20-11-18-34(29-36)35-19-12-21-37(30-35)51-41-23-9-8-22-38(41)39-27-28-43-40(44(39)51)26-25-31-13-7-10-24-42(31)52-43/h1-30H. The monoisotopic (exact) mass is 682 g/mol. The third-order valence-electron chi connectivity index (χ3n) is 9.66. The molecule has 244 valence electrons. The Labute approximate surface area is 305 Å². The molecule has 0 atom stereocenters. The van der Waals surface area contributed by atoms with E-state index >= 15 is 0 Å². The second-order valence-electron chi connectivity index (χ2n) is 12.9. The summed E-state index contributed by atoms with van der Waals surface area (Å²) in [5.41, 5.74) is 11.0. The number of fused-ring (bicyclic) bond motifs is 6. The predicted octanol–water partition coefficient (Wildman–Crippen LogP) is 12.3. The highest BCUT2D eigenvalue weighted by Crippen LogP contribution is 2.44. The second kappa shape index (κ2) is 12.6. The van der Waals surface area contributed by atoms with Gasteiger partial charge in [-0.25, -0.2) is 15.0 Å². The molecule has 2 aromatic heterocycles. The van der Waals surface area contributed by atoms with Crippen molar-refractivity contribution in [1.82, 2.24) is 19.5 Å². The van der Waals surface area contributed by atoms with Gasteiger partial charge >= 0.3 is 0 Å². The summed E-state index contributed by atoms with van der Waals surface area (Å²) < 4.78 is 2.43. The van der Waals surface area contributed by atoms with Crippen molar-refractivity contribution >= 4 is 45.7 Å². The number of hydrogen-bond acceptors (Lipinski definition) is 4. The van der Waals surface area contributed by atoms with Crippen LogP contribution in [0.3, 0.4) is 0 Å². The molecule has 0 saturated carbocycles. The van der Waals surface area contributed by atoms with Gasteiger partial charge in [-0.1, -0.05) is 157 Å². The molecule has 52 heavy (non-hydrogen) atoms. The van der Waals surface area contributed by atoms with Crippen molar-refractivity contribution in [3.8, 4) is 51.0 Å². The molecular formula is C47H30N4S. The van der Waals surface area contributed by atoms with E-state index in [4.69, 9.17) is 15.0 Å². The van der Waals surface area contributed by atoms with Crippen LogP contribution in [0.4, 0.5) is 0 Å². The van der Waals surface area contributed by atoms with E-state index in [0.29, 0.717) is 17.5 Å². The highest BCUT2D eigenvalue weighted by atomic mass is 32.2. The molecule has 0 spiro atoms. The van der Waals surface area contributed by atoms with Gasteiger partial charge in [0.15, 0.2) is 17.5 Å². The molecular weight excluding hydrogens is 653 g/mol. The molecule has 1 aliphatic rings. The average molecular weight is 683 g/mol. The molecule has 9 aromatic rings. The Morgan fingerprint density at radius 3 is 1.77 bits per heavy atom. The Hall–Kier alpha value is -6.56. The maximum absolute atomic E-state index is 4.99. The highest BCUT2D eigenvalue weighted by molar-refractivity contribution is 7.99. The second-order valence-corrected chi connectivity index (χ2v) is 14.0. The van der Waals surface area contributed by atoms with E-state index in [0.717, 1.165) is 33.5 Å². The molecule has 0 bridgehead atoms. The van der Waals surface area contributed by atoms with E-state index in [1.54, 1.807) is 0 Å². The number of para-hydroxylation sites is 1. The van der Waals surface area contributed by atoms with Crippen molar-refractivity contribution in [3.63, 3.8) is 0 Å². The van der Waals surface area contributed by atoms with Crippen LogP contribution in [0.1, 0.15) is 11.1 Å². The van der Waals surface area contributed by atoms with Crippen LogP contribution in [-0.2, 0) is 0 Å². The van der Waals surface area contributed by atoms with Crippen molar-refractivity contribution in [2.45, 2.75) is 9.79 Å². The zero-order chi connectivity index (χ0) is 34.4. The van der Waals surface area contributed by atoms with E-state index in [-0.39, 0.29) is 0 Å². The van der Waals surface area contributed by atoms with Crippen LogP contribution in [0.15, 0.2) is 180 Å². The molecule has 0 aliphatic carbocycles. The lowest BCUT2D eigenvalue weighted by Gasteiger charge is -2.14. The van der Waals surface area contributed by atoms with E-state index in [2.05, 4.69) is 126 Å². The molecule has 0 amide bonds. The van der Waals surface area contributed by atoms with E-state index in [9.17, 15) is 0 Å². The summed E-state index contributed by atoms with van der Waals surface area (Å²) in [7, 11) is 0. The maximum atomic E-state index is 4.99. The number of nitrogens with zero attached hydrogens (tertiary/aromatic N) is 4. The van der Waals surface area contributed by atoms with Gasteiger partial charge in [0.25, 0.3) is 0 Å². The Morgan fingerprint density at radius 2 is 1.00 bits per heavy atom. The Bertz CT molecular complexity index is 2760. The number of hydrogen-bond donors (Lipinski definition) is 0. The number of aromatic nitrogens is 4. The van der Waals surface area contributed by atoms with Crippen molar-refractivity contribution in [2.24, 2.45) is 0 Å². The molecule has 3 heterocycles. The van der Waals surface area contributed by atoms with Gasteiger partial charge in [-0.15, -0.1) is 0 Å². The topological polar surface area (TPSA) is 43.6 Å². The first kappa shape index (κ1) is 30.3. The fourth-order valence-corrected chi connectivity index (χ4v) is 8.23. The van der Waals surface area contributed by atoms with Crippen LogP contribution in [0, 0.1) is 0 Å². The van der Waals surface area contributed by atoms with Gasteiger partial charge < -0.3 is 4.57 Å². The summed E-state index contributed by atoms with van der Waals surface area (Å²) in [5, 5.41) is 2.49. The maximum Gasteiger partial charge on any atom is 0.164 e. The summed E-state index contributed by atoms with van der Waals surface area (Å²) in [5.74, 6) is 1.94. The summed E-state index contributed by atoms with van der Waals surface area (Å²) in [6, 6.07) is 59.5. The highest BCUT2D eigenvalue weighted by Gasteiger charge is 2.20. The van der Waals surface area contributed by atoms with Crippen LogP contribution in [0.25, 0.3) is 84.9 Å². The normalized spacial score (nSPS) is 12.1. The molecule has 0 unspecified atom stereocenters. The molecule has 0 radical (unpaired) electrons. The van der Waals surface area contributed by atoms with E-state index in [1.165, 1.54) is 42.7 Å².